The van der Waals surface area contributed by atoms with E-state index < -0.39 is 5.97 Å². The molecule has 1 aromatic carbocycles. The summed E-state index contributed by atoms with van der Waals surface area (Å²) in [5, 5.41) is 8.93. The lowest BCUT2D eigenvalue weighted by Crippen LogP contribution is -2.27. The van der Waals surface area contributed by atoms with Crippen molar-refractivity contribution in [2.75, 3.05) is 24.2 Å². The predicted molar refractivity (Wildman–Crippen MR) is 77.7 cm³/mol. The third-order valence-corrected chi connectivity index (χ3v) is 3.94. The molecule has 1 aliphatic rings. The Balaban J connectivity index is 2.05. The van der Waals surface area contributed by atoms with Gasteiger partial charge < -0.3 is 15.7 Å². The van der Waals surface area contributed by atoms with Gasteiger partial charge in [0.15, 0.2) is 0 Å². The number of nitrogens with zero attached hydrogens (tertiary/aromatic N) is 1. The Morgan fingerprint density at radius 2 is 2.05 bits per heavy atom. The number of nitrogens with two attached hydrogens (primary N) is 1. The number of anilines is 2. The van der Waals surface area contributed by atoms with E-state index in [-0.39, 0.29) is 5.56 Å². The van der Waals surface area contributed by atoms with Crippen molar-refractivity contribution in [2.45, 2.75) is 32.1 Å². The zero-order valence-electron chi connectivity index (χ0n) is 11.4. The van der Waals surface area contributed by atoms with E-state index in [4.69, 9.17) is 10.8 Å². The Labute approximate surface area is 114 Å². The molecule has 0 unspecified atom stereocenters. The second-order valence-corrected chi connectivity index (χ2v) is 5.46. The largest absolute Gasteiger partial charge is 0.478 e. The zero-order chi connectivity index (χ0) is 13.8. The van der Waals surface area contributed by atoms with E-state index in [1.165, 1.54) is 38.2 Å². The summed E-state index contributed by atoms with van der Waals surface area (Å²) in [6.07, 6.45) is 6.59. The molecular weight excluding hydrogens is 240 g/mol. The SMILES string of the molecule is CN(CC1CCCCC1)c1ccc(C(=O)O)cc1N. The van der Waals surface area contributed by atoms with Crippen LogP contribution in [0.15, 0.2) is 18.2 Å². The highest BCUT2D eigenvalue weighted by molar-refractivity contribution is 5.90. The fraction of sp³-hybridized carbons (Fsp3) is 0.533. The Morgan fingerprint density at radius 3 is 2.63 bits per heavy atom. The molecule has 4 heteroatoms. The average Bonchev–Trinajstić information content (AvgIpc) is 2.39. The highest BCUT2D eigenvalue weighted by atomic mass is 16.4. The number of benzene rings is 1. The molecule has 0 amide bonds. The number of aromatic carboxylic acids is 1. The van der Waals surface area contributed by atoms with Gasteiger partial charge in [0.2, 0.25) is 0 Å². The smallest absolute Gasteiger partial charge is 0.335 e. The fourth-order valence-corrected chi connectivity index (χ4v) is 2.89. The van der Waals surface area contributed by atoms with Crippen LogP contribution in [0.1, 0.15) is 42.5 Å². The third-order valence-electron chi connectivity index (χ3n) is 3.94. The number of rotatable bonds is 4. The number of hydrogen-bond donors (Lipinski definition) is 2. The van der Waals surface area contributed by atoms with Gasteiger partial charge in [0.25, 0.3) is 0 Å². The van der Waals surface area contributed by atoms with Crippen molar-refractivity contribution in [3.05, 3.63) is 23.8 Å². The first-order valence-corrected chi connectivity index (χ1v) is 6.92. The van der Waals surface area contributed by atoms with Gasteiger partial charge in [-0.3, -0.25) is 0 Å². The molecule has 1 fully saturated rings. The Morgan fingerprint density at radius 1 is 1.37 bits per heavy atom. The molecule has 19 heavy (non-hydrogen) atoms. The Hall–Kier alpha value is -1.71. The van der Waals surface area contributed by atoms with Crippen molar-refractivity contribution >= 4 is 17.3 Å². The summed E-state index contributed by atoms with van der Waals surface area (Å²) in [5.41, 5.74) is 7.67. The van der Waals surface area contributed by atoms with Gasteiger partial charge in [0.1, 0.15) is 0 Å². The van der Waals surface area contributed by atoms with E-state index in [9.17, 15) is 4.79 Å². The summed E-state index contributed by atoms with van der Waals surface area (Å²) in [7, 11) is 2.03. The molecule has 0 heterocycles. The minimum atomic E-state index is -0.937. The molecule has 0 aromatic heterocycles. The molecule has 2 rings (SSSR count). The second-order valence-electron chi connectivity index (χ2n) is 5.46. The summed E-state index contributed by atoms with van der Waals surface area (Å²) < 4.78 is 0. The predicted octanol–water partition coefficient (Wildman–Crippen LogP) is 2.98. The molecule has 0 bridgehead atoms. The number of nitrogen functional groups attached to an aromatic ring is 1. The van der Waals surface area contributed by atoms with Gasteiger partial charge in [-0.1, -0.05) is 19.3 Å². The summed E-state index contributed by atoms with van der Waals surface area (Å²) in [6, 6.07) is 4.96. The lowest BCUT2D eigenvalue weighted by atomic mass is 9.89. The van der Waals surface area contributed by atoms with Crippen LogP contribution in [-0.4, -0.2) is 24.7 Å². The minimum Gasteiger partial charge on any atom is -0.478 e. The first kappa shape index (κ1) is 13.7. The fourth-order valence-electron chi connectivity index (χ4n) is 2.89. The van der Waals surface area contributed by atoms with Crippen LogP contribution in [0, 0.1) is 5.92 Å². The molecule has 1 aliphatic carbocycles. The van der Waals surface area contributed by atoms with Gasteiger partial charge >= 0.3 is 5.97 Å². The molecule has 0 atom stereocenters. The van der Waals surface area contributed by atoms with E-state index in [0.29, 0.717) is 5.69 Å². The Kier molecular flexibility index (Phi) is 4.30. The van der Waals surface area contributed by atoms with Crippen LogP contribution >= 0.6 is 0 Å². The number of carboxylic acids is 1. The molecule has 3 N–H and O–H groups in total. The van der Waals surface area contributed by atoms with Crippen LogP contribution in [0.3, 0.4) is 0 Å². The number of carbonyl (C=O) groups is 1. The van der Waals surface area contributed by atoms with Crippen molar-refractivity contribution in [1.82, 2.24) is 0 Å². The highest BCUT2D eigenvalue weighted by Crippen LogP contribution is 2.28. The molecule has 104 valence electrons. The average molecular weight is 262 g/mol. The van der Waals surface area contributed by atoms with Crippen molar-refractivity contribution in [1.29, 1.82) is 0 Å². The van der Waals surface area contributed by atoms with Crippen molar-refractivity contribution in [2.24, 2.45) is 5.92 Å². The van der Waals surface area contributed by atoms with Crippen molar-refractivity contribution in [3.8, 4) is 0 Å². The molecule has 0 aliphatic heterocycles. The van der Waals surface area contributed by atoms with Crippen LogP contribution in [-0.2, 0) is 0 Å². The molecule has 0 saturated heterocycles. The van der Waals surface area contributed by atoms with E-state index in [2.05, 4.69) is 4.90 Å². The maximum atomic E-state index is 10.9. The molecule has 1 aromatic rings. The summed E-state index contributed by atoms with van der Waals surface area (Å²) in [4.78, 5) is 13.0. The van der Waals surface area contributed by atoms with E-state index in [1.807, 2.05) is 13.1 Å². The lowest BCUT2D eigenvalue weighted by molar-refractivity contribution is 0.0697. The van der Waals surface area contributed by atoms with Crippen molar-refractivity contribution < 1.29 is 9.90 Å². The van der Waals surface area contributed by atoms with Crippen molar-refractivity contribution in [3.63, 3.8) is 0 Å². The van der Waals surface area contributed by atoms with Crippen LogP contribution in [0.2, 0.25) is 0 Å². The quantitative estimate of drug-likeness (QED) is 0.819. The topological polar surface area (TPSA) is 66.6 Å². The molecular formula is C15H22N2O2. The maximum Gasteiger partial charge on any atom is 0.335 e. The van der Waals surface area contributed by atoms with E-state index >= 15 is 0 Å². The van der Waals surface area contributed by atoms with E-state index in [1.54, 1.807) is 6.07 Å². The molecule has 4 nitrogen and oxygen atoms in total. The van der Waals surface area contributed by atoms with Gasteiger partial charge in [-0.05, 0) is 37.0 Å². The van der Waals surface area contributed by atoms with Gasteiger partial charge in [0.05, 0.1) is 16.9 Å². The molecule has 0 spiro atoms. The highest BCUT2D eigenvalue weighted by Gasteiger charge is 2.17. The second kappa shape index (κ2) is 5.95. The first-order chi connectivity index (χ1) is 9.08. The van der Waals surface area contributed by atoms with Gasteiger partial charge in [-0.25, -0.2) is 4.79 Å². The van der Waals surface area contributed by atoms with Crippen LogP contribution in [0.25, 0.3) is 0 Å². The maximum absolute atomic E-state index is 10.9. The summed E-state index contributed by atoms with van der Waals surface area (Å²) in [5.74, 6) is -0.203. The Bertz CT molecular complexity index is 453. The summed E-state index contributed by atoms with van der Waals surface area (Å²) >= 11 is 0. The van der Waals surface area contributed by atoms with Gasteiger partial charge in [-0.15, -0.1) is 0 Å². The van der Waals surface area contributed by atoms with E-state index in [0.717, 1.165) is 18.2 Å². The van der Waals surface area contributed by atoms with Crippen LogP contribution in [0.4, 0.5) is 11.4 Å². The first-order valence-electron chi connectivity index (χ1n) is 6.92. The normalized spacial score (nSPS) is 16.3. The van der Waals surface area contributed by atoms with Gasteiger partial charge in [0, 0.05) is 13.6 Å². The number of carboxylic acid groups (broad SMARTS) is 1. The monoisotopic (exact) mass is 262 g/mol. The molecule has 0 radical (unpaired) electrons. The standard InChI is InChI=1S/C15H22N2O2/c1-17(10-11-5-3-2-4-6-11)14-8-7-12(15(18)19)9-13(14)16/h7-9,11H,2-6,10,16H2,1H3,(H,18,19). The number of hydrogen-bond acceptors (Lipinski definition) is 3. The molecule has 1 saturated carbocycles. The van der Waals surface area contributed by atoms with Gasteiger partial charge in [-0.2, -0.15) is 0 Å². The zero-order valence-corrected chi connectivity index (χ0v) is 11.4. The third kappa shape index (κ3) is 3.40. The summed E-state index contributed by atoms with van der Waals surface area (Å²) in [6.45, 7) is 0.997. The lowest BCUT2D eigenvalue weighted by Gasteiger charge is -2.29. The minimum absolute atomic E-state index is 0.243. The van der Waals surface area contributed by atoms with Crippen LogP contribution in [0.5, 0.6) is 0 Å². The van der Waals surface area contributed by atoms with Crippen LogP contribution < -0.4 is 10.6 Å².